The fourth-order valence-corrected chi connectivity index (χ4v) is 3.57. The van der Waals surface area contributed by atoms with E-state index < -0.39 is 0 Å². The lowest BCUT2D eigenvalue weighted by Gasteiger charge is -2.44. The standard InChI is InChI=1S/C19H27N3O2/c1-13(2)9-10-20-18(23)14-7-8-15-17(12-14)21(3)19(24)16-6-4-5-11-22(15)16/h7-8,12-13,16H,4-6,9-11H2,1-3H3,(H,20,23)/t16-/m0/s1. The zero-order valence-electron chi connectivity index (χ0n) is 14.8. The SMILES string of the molecule is CC(C)CCNC(=O)c1ccc2c(c1)N(C)C(=O)[C@@H]1CCCCN21. The van der Waals surface area contributed by atoms with Crippen LogP contribution in [0.15, 0.2) is 18.2 Å². The molecular formula is C19H27N3O2. The van der Waals surface area contributed by atoms with Gasteiger partial charge in [0.05, 0.1) is 11.4 Å². The van der Waals surface area contributed by atoms with E-state index in [-0.39, 0.29) is 17.9 Å². The monoisotopic (exact) mass is 329 g/mol. The molecule has 130 valence electrons. The normalized spacial score (nSPS) is 20.0. The minimum atomic E-state index is -0.0694. The number of benzene rings is 1. The van der Waals surface area contributed by atoms with Gasteiger partial charge in [0.15, 0.2) is 0 Å². The van der Waals surface area contributed by atoms with Crippen molar-refractivity contribution in [2.24, 2.45) is 5.92 Å². The van der Waals surface area contributed by atoms with Crippen LogP contribution in [-0.2, 0) is 4.79 Å². The van der Waals surface area contributed by atoms with Crippen molar-refractivity contribution in [2.45, 2.75) is 45.6 Å². The molecule has 2 amide bonds. The Bertz CT molecular complexity index is 641. The minimum Gasteiger partial charge on any atom is -0.358 e. The molecular weight excluding hydrogens is 302 g/mol. The van der Waals surface area contributed by atoms with Crippen molar-refractivity contribution in [3.8, 4) is 0 Å². The molecule has 5 nitrogen and oxygen atoms in total. The second-order valence-corrected chi connectivity index (χ2v) is 7.24. The van der Waals surface area contributed by atoms with Crippen molar-refractivity contribution >= 4 is 23.2 Å². The summed E-state index contributed by atoms with van der Waals surface area (Å²) >= 11 is 0. The van der Waals surface area contributed by atoms with Crippen molar-refractivity contribution < 1.29 is 9.59 Å². The molecule has 5 heteroatoms. The number of carbonyl (C=O) groups excluding carboxylic acids is 2. The van der Waals surface area contributed by atoms with E-state index in [1.807, 2.05) is 25.2 Å². The summed E-state index contributed by atoms with van der Waals surface area (Å²) in [5.74, 6) is 0.633. The second-order valence-electron chi connectivity index (χ2n) is 7.24. The average molecular weight is 329 g/mol. The third-order valence-corrected chi connectivity index (χ3v) is 5.03. The molecule has 2 heterocycles. The Morgan fingerprint density at radius 3 is 2.83 bits per heavy atom. The average Bonchev–Trinajstić information content (AvgIpc) is 2.58. The Hall–Kier alpha value is -2.04. The molecule has 1 aromatic carbocycles. The Kier molecular flexibility index (Phi) is 4.78. The molecule has 2 aliphatic heterocycles. The first kappa shape index (κ1) is 16.8. The number of fused-ring (bicyclic) bond motifs is 3. The number of amides is 2. The van der Waals surface area contributed by atoms with Crippen molar-refractivity contribution in [1.82, 2.24) is 5.32 Å². The van der Waals surface area contributed by atoms with Gasteiger partial charge in [-0.1, -0.05) is 13.8 Å². The highest BCUT2D eigenvalue weighted by molar-refractivity contribution is 6.07. The molecule has 1 fully saturated rings. The van der Waals surface area contributed by atoms with Gasteiger partial charge in [0.25, 0.3) is 5.91 Å². The van der Waals surface area contributed by atoms with Crippen molar-refractivity contribution in [3.05, 3.63) is 23.8 Å². The largest absolute Gasteiger partial charge is 0.358 e. The molecule has 2 aliphatic rings. The summed E-state index contributed by atoms with van der Waals surface area (Å²) in [5, 5.41) is 2.96. The van der Waals surface area contributed by atoms with Crippen LogP contribution in [0.4, 0.5) is 11.4 Å². The summed E-state index contributed by atoms with van der Waals surface area (Å²) in [6.45, 7) is 5.87. The number of hydrogen-bond acceptors (Lipinski definition) is 3. The quantitative estimate of drug-likeness (QED) is 0.924. The summed E-state index contributed by atoms with van der Waals surface area (Å²) in [6.07, 6.45) is 4.10. The molecule has 0 bridgehead atoms. The summed E-state index contributed by atoms with van der Waals surface area (Å²) in [4.78, 5) is 28.9. The maximum Gasteiger partial charge on any atom is 0.251 e. The van der Waals surface area contributed by atoms with Crippen molar-refractivity contribution in [2.75, 3.05) is 29.9 Å². The molecule has 0 spiro atoms. The molecule has 0 aliphatic carbocycles. The number of nitrogens with one attached hydrogen (secondary N) is 1. The molecule has 24 heavy (non-hydrogen) atoms. The smallest absolute Gasteiger partial charge is 0.251 e. The van der Waals surface area contributed by atoms with Crippen LogP contribution in [0.3, 0.4) is 0 Å². The van der Waals surface area contributed by atoms with Gasteiger partial charge in [-0.2, -0.15) is 0 Å². The zero-order valence-corrected chi connectivity index (χ0v) is 14.8. The van der Waals surface area contributed by atoms with E-state index in [1.165, 1.54) is 0 Å². The van der Waals surface area contributed by atoms with Crippen LogP contribution < -0.4 is 15.1 Å². The topological polar surface area (TPSA) is 52.7 Å². The maximum atomic E-state index is 12.6. The Morgan fingerprint density at radius 1 is 1.29 bits per heavy atom. The van der Waals surface area contributed by atoms with E-state index in [0.29, 0.717) is 18.0 Å². The molecule has 1 saturated heterocycles. The predicted molar refractivity (Wildman–Crippen MR) is 96.6 cm³/mol. The summed E-state index contributed by atoms with van der Waals surface area (Å²) in [5.41, 5.74) is 2.53. The highest BCUT2D eigenvalue weighted by Crippen LogP contribution is 2.39. The van der Waals surface area contributed by atoms with Crippen LogP contribution in [-0.4, -0.2) is 38.0 Å². The molecule has 0 radical (unpaired) electrons. The van der Waals surface area contributed by atoms with E-state index >= 15 is 0 Å². The van der Waals surface area contributed by atoms with E-state index in [1.54, 1.807) is 4.90 Å². The van der Waals surface area contributed by atoms with Gasteiger partial charge in [0.1, 0.15) is 6.04 Å². The number of nitrogens with zero attached hydrogens (tertiary/aromatic N) is 2. The Morgan fingerprint density at radius 2 is 2.08 bits per heavy atom. The summed E-state index contributed by atoms with van der Waals surface area (Å²) in [6, 6.07) is 5.68. The molecule has 3 rings (SSSR count). The first-order chi connectivity index (χ1) is 11.5. The summed E-state index contributed by atoms with van der Waals surface area (Å²) in [7, 11) is 1.81. The lowest BCUT2D eigenvalue weighted by Crippen LogP contribution is -2.54. The van der Waals surface area contributed by atoms with Gasteiger partial charge in [-0.3, -0.25) is 9.59 Å². The summed E-state index contributed by atoms with van der Waals surface area (Å²) < 4.78 is 0. The molecule has 1 N–H and O–H groups in total. The van der Waals surface area contributed by atoms with Crippen molar-refractivity contribution in [3.63, 3.8) is 0 Å². The van der Waals surface area contributed by atoms with E-state index in [0.717, 1.165) is 43.6 Å². The number of carbonyl (C=O) groups is 2. The fourth-order valence-electron chi connectivity index (χ4n) is 3.57. The van der Waals surface area contributed by atoms with Crippen LogP contribution in [0.5, 0.6) is 0 Å². The lowest BCUT2D eigenvalue weighted by molar-refractivity contribution is -0.120. The van der Waals surface area contributed by atoms with Gasteiger partial charge in [0, 0.05) is 25.7 Å². The van der Waals surface area contributed by atoms with Crippen molar-refractivity contribution in [1.29, 1.82) is 0 Å². The van der Waals surface area contributed by atoms with E-state index in [2.05, 4.69) is 24.1 Å². The number of anilines is 2. The highest BCUT2D eigenvalue weighted by Gasteiger charge is 2.37. The van der Waals surface area contributed by atoms with Gasteiger partial charge in [-0.15, -0.1) is 0 Å². The van der Waals surface area contributed by atoms with Gasteiger partial charge >= 0.3 is 0 Å². The third-order valence-electron chi connectivity index (χ3n) is 5.03. The maximum absolute atomic E-state index is 12.6. The van der Waals surface area contributed by atoms with Crippen LogP contribution >= 0.6 is 0 Å². The van der Waals surface area contributed by atoms with Gasteiger partial charge in [-0.05, 0) is 49.8 Å². The van der Waals surface area contributed by atoms with Crippen LogP contribution in [0.25, 0.3) is 0 Å². The number of likely N-dealkylation sites (N-methyl/N-ethyl adjacent to an activating group) is 1. The van der Waals surface area contributed by atoms with Crippen LogP contribution in [0.1, 0.15) is 49.9 Å². The van der Waals surface area contributed by atoms with Gasteiger partial charge in [-0.25, -0.2) is 0 Å². The zero-order chi connectivity index (χ0) is 17.3. The lowest BCUT2D eigenvalue weighted by atomic mass is 9.96. The van der Waals surface area contributed by atoms with Gasteiger partial charge in [0.2, 0.25) is 5.91 Å². The second kappa shape index (κ2) is 6.83. The predicted octanol–water partition coefficient (Wildman–Crippen LogP) is 2.80. The number of rotatable bonds is 4. The highest BCUT2D eigenvalue weighted by atomic mass is 16.2. The Labute approximate surface area is 144 Å². The number of piperidine rings is 1. The minimum absolute atomic E-state index is 0.0398. The van der Waals surface area contributed by atoms with Crippen LogP contribution in [0, 0.1) is 5.92 Å². The molecule has 0 unspecified atom stereocenters. The first-order valence-electron chi connectivity index (χ1n) is 8.95. The van der Waals surface area contributed by atoms with E-state index in [9.17, 15) is 9.59 Å². The first-order valence-corrected chi connectivity index (χ1v) is 8.95. The third kappa shape index (κ3) is 3.12. The molecule has 0 aromatic heterocycles. The van der Waals surface area contributed by atoms with E-state index in [4.69, 9.17) is 0 Å². The number of hydrogen-bond donors (Lipinski definition) is 1. The molecule has 1 aromatic rings. The van der Waals surface area contributed by atoms with Gasteiger partial charge < -0.3 is 15.1 Å². The fraction of sp³-hybridized carbons (Fsp3) is 0.579. The van der Waals surface area contributed by atoms with Crippen LogP contribution in [0.2, 0.25) is 0 Å². The Balaban J connectivity index is 1.82. The molecule has 1 atom stereocenters. The molecule has 0 saturated carbocycles.